The van der Waals surface area contributed by atoms with Crippen LogP contribution in [0.25, 0.3) is 0 Å². The van der Waals surface area contributed by atoms with Gasteiger partial charge in [0.05, 0.1) is 5.69 Å². The molecular weight excluding hydrogens is 531 g/mol. The molecule has 1 N–H and O–H groups in total. The largest absolute Gasteiger partial charge is 0.357 e. The molecule has 0 aromatic heterocycles. The van der Waals surface area contributed by atoms with E-state index >= 15 is 0 Å². The third-order valence-corrected chi connectivity index (χ3v) is 7.95. The van der Waals surface area contributed by atoms with Crippen molar-refractivity contribution in [3.63, 3.8) is 0 Å². The number of likely N-dealkylation sites (N-methyl/N-ethyl adjacent to an activating group) is 1. The lowest BCUT2D eigenvalue weighted by Gasteiger charge is -2.34. The van der Waals surface area contributed by atoms with Crippen LogP contribution >= 0.6 is 11.6 Å². The van der Waals surface area contributed by atoms with E-state index in [1.807, 2.05) is 30.3 Å². The Morgan fingerprint density at radius 1 is 0.947 bits per heavy atom. The highest BCUT2D eigenvalue weighted by molar-refractivity contribution is 7.90. The molecule has 0 spiro atoms. The average Bonchev–Trinajstić information content (AvgIpc) is 2.89. The van der Waals surface area contributed by atoms with Gasteiger partial charge in [-0.05, 0) is 47.5 Å². The molecule has 202 valence electrons. The van der Waals surface area contributed by atoms with Crippen molar-refractivity contribution in [2.75, 3.05) is 32.0 Å². The standard InChI is InChI=1S/C27H30ClFN4O4S/c1-30-27(35)25(17-20-8-5-4-6-9-20)32(18-21-10-7-11-22(28)16-21)26(34)19-33(38(36,37)31(2)3)24-14-12-23(29)13-15-24/h4-16,25H,17-19H2,1-3H3,(H,30,35)/t25-/m0/s1. The third kappa shape index (κ3) is 7.31. The molecule has 0 heterocycles. The van der Waals surface area contributed by atoms with E-state index in [1.165, 1.54) is 38.2 Å². The van der Waals surface area contributed by atoms with E-state index in [4.69, 9.17) is 11.6 Å². The van der Waals surface area contributed by atoms with Gasteiger partial charge in [0.2, 0.25) is 11.8 Å². The molecule has 0 bridgehead atoms. The third-order valence-electron chi connectivity index (χ3n) is 5.89. The smallest absolute Gasteiger partial charge is 0.304 e. The summed E-state index contributed by atoms with van der Waals surface area (Å²) in [5.74, 6) is -1.58. The fourth-order valence-electron chi connectivity index (χ4n) is 3.88. The minimum Gasteiger partial charge on any atom is -0.357 e. The van der Waals surface area contributed by atoms with E-state index in [9.17, 15) is 22.4 Å². The first-order chi connectivity index (χ1) is 18.0. The summed E-state index contributed by atoms with van der Waals surface area (Å²) in [6, 6.07) is 19.9. The second-order valence-corrected chi connectivity index (χ2v) is 11.2. The summed E-state index contributed by atoms with van der Waals surface area (Å²) in [5.41, 5.74) is 1.59. The maximum Gasteiger partial charge on any atom is 0.304 e. The van der Waals surface area contributed by atoms with Crippen LogP contribution < -0.4 is 9.62 Å². The predicted octanol–water partition coefficient (Wildman–Crippen LogP) is 3.48. The zero-order valence-electron chi connectivity index (χ0n) is 21.3. The first-order valence-electron chi connectivity index (χ1n) is 11.8. The van der Waals surface area contributed by atoms with Gasteiger partial charge in [-0.1, -0.05) is 54.1 Å². The molecule has 3 aromatic rings. The predicted molar refractivity (Wildman–Crippen MR) is 146 cm³/mol. The molecule has 2 amide bonds. The Hall–Kier alpha value is -3.47. The summed E-state index contributed by atoms with van der Waals surface area (Å²) >= 11 is 6.17. The Labute approximate surface area is 227 Å². The molecule has 0 aliphatic heterocycles. The van der Waals surface area contributed by atoms with E-state index in [0.717, 1.165) is 26.3 Å². The van der Waals surface area contributed by atoms with Crippen molar-refractivity contribution in [1.82, 2.24) is 14.5 Å². The fraction of sp³-hybridized carbons (Fsp3) is 0.259. The molecule has 0 saturated heterocycles. The first-order valence-corrected chi connectivity index (χ1v) is 13.6. The zero-order chi connectivity index (χ0) is 27.9. The molecule has 0 unspecified atom stereocenters. The second-order valence-electron chi connectivity index (χ2n) is 8.74. The highest BCUT2D eigenvalue weighted by atomic mass is 35.5. The molecule has 0 radical (unpaired) electrons. The minimum atomic E-state index is -4.15. The second kappa shape index (κ2) is 12.9. The summed E-state index contributed by atoms with van der Waals surface area (Å²) in [6.07, 6.45) is 0.198. The zero-order valence-corrected chi connectivity index (χ0v) is 22.9. The lowest BCUT2D eigenvalue weighted by Crippen LogP contribution is -2.53. The van der Waals surface area contributed by atoms with Crippen LogP contribution in [0.2, 0.25) is 5.02 Å². The number of rotatable bonds is 11. The van der Waals surface area contributed by atoms with Gasteiger partial charge in [-0.3, -0.25) is 9.59 Å². The van der Waals surface area contributed by atoms with Crippen LogP contribution in [0.5, 0.6) is 0 Å². The molecule has 0 aliphatic rings. The van der Waals surface area contributed by atoms with Crippen LogP contribution in [0.4, 0.5) is 10.1 Å². The molecular formula is C27H30ClFN4O4S. The van der Waals surface area contributed by atoms with Crippen molar-refractivity contribution in [1.29, 1.82) is 0 Å². The number of amides is 2. The van der Waals surface area contributed by atoms with Gasteiger partial charge in [0.25, 0.3) is 0 Å². The van der Waals surface area contributed by atoms with Gasteiger partial charge in [0, 0.05) is 39.1 Å². The number of hydrogen-bond acceptors (Lipinski definition) is 4. The normalized spacial score (nSPS) is 12.2. The van der Waals surface area contributed by atoms with Crippen LogP contribution in [0.15, 0.2) is 78.9 Å². The molecule has 38 heavy (non-hydrogen) atoms. The van der Waals surface area contributed by atoms with Crippen molar-refractivity contribution < 1.29 is 22.4 Å². The van der Waals surface area contributed by atoms with Crippen molar-refractivity contribution in [2.45, 2.75) is 19.0 Å². The maximum atomic E-state index is 13.9. The van der Waals surface area contributed by atoms with Gasteiger partial charge in [0.15, 0.2) is 0 Å². The Balaban J connectivity index is 2.06. The monoisotopic (exact) mass is 560 g/mol. The van der Waals surface area contributed by atoms with Gasteiger partial charge in [-0.25, -0.2) is 8.70 Å². The number of halogens is 2. The number of benzene rings is 3. The highest BCUT2D eigenvalue weighted by Gasteiger charge is 2.34. The Bertz CT molecular complexity index is 1360. The van der Waals surface area contributed by atoms with Crippen LogP contribution in [0.3, 0.4) is 0 Å². The van der Waals surface area contributed by atoms with E-state index in [-0.39, 0.29) is 18.7 Å². The van der Waals surface area contributed by atoms with Crippen LogP contribution in [0, 0.1) is 5.82 Å². The summed E-state index contributed by atoms with van der Waals surface area (Å²) in [4.78, 5) is 28.4. The average molecular weight is 561 g/mol. The first kappa shape index (κ1) is 29.1. The van der Waals surface area contributed by atoms with E-state index in [1.54, 1.807) is 24.3 Å². The van der Waals surface area contributed by atoms with Gasteiger partial charge in [-0.15, -0.1) is 0 Å². The van der Waals surface area contributed by atoms with Gasteiger partial charge < -0.3 is 10.2 Å². The van der Waals surface area contributed by atoms with E-state index in [2.05, 4.69) is 5.32 Å². The molecule has 11 heteroatoms. The van der Waals surface area contributed by atoms with E-state index in [0.29, 0.717) is 10.6 Å². The minimum absolute atomic E-state index is 0.00355. The maximum absolute atomic E-state index is 13.9. The molecule has 3 rings (SSSR count). The van der Waals surface area contributed by atoms with Crippen molar-refractivity contribution >= 4 is 39.3 Å². The SMILES string of the molecule is CNC(=O)[C@H](Cc1ccccc1)N(Cc1cccc(Cl)c1)C(=O)CN(c1ccc(F)cc1)S(=O)(=O)N(C)C. The van der Waals surface area contributed by atoms with Crippen LogP contribution in [-0.4, -0.2) is 63.2 Å². The van der Waals surface area contributed by atoms with Gasteiger partial charge in [0.1, 0.15) is 18.4 Å². The quantitative estimate of drug-likeness (QED) is 0.389. The van der Waals surface area contributed by atoms with Gasteiger partial charge in [-0.2, -0.15) is 12.7 Å². The lowest BCUT2D eigenvalue weighted by molar-refractivity contribution is -0.139. The highest BCUT2D eigenvalue weighted by Crippen LogP contribution is 2.22. The topological polar surface area (TPSA) is 90.0 Å². The fourth-order valence-corrected chi connectivity index (χ4v) is 5.15. The molecule has 0 saturated carbocycles. The molecule has 0 fully saturated rings. The number of hydrogen-bond donors (Lipinski definition) is 1. The van der Waals surface area contributed by atoms with Crippen LogP contribution in [0.1, 0.15) is 11.1 Å². The summed E-state index contributed by atoms with van der Waals surface area (Å²) in [6.45, 7) is -0.613. The Morgan fingerprint density at radius 3 is 2.16 bits per heavy atom. The number of anilines is 1. The lowest BCUT2D eigenvalue weighted by atomic mass is 10.0. The summed E-state index contributed by atoms with van der Waals surface area (Å²) in [5, 5.41) is 3.07. The number of carbonyl (C=O) groups excluding carboxylic acids is 2. The number of nitrogens with zero attached hydrogens (tertiary/aromatic N) is 3. The van der Waals surface area contributed by atoms with Crippen LogP contribution in [-0.2, 0) is 32.8 Å². The van der Waals surface area contributed by atoms with Crippen molar-refractivity contribution in [2.24, 2.45) is 0 Å². The van der Waals surface area contributed by atoms with Crippen molar-refractivity contribution in [3.05, 3.63) is 101 Å². The Morgan fingerprint density at radius 2 is 1.58 bits per heavy atom. The molecule has 0 aliphatic carbocycles. The van der Waals surface area contributed by atoms with Gasteiger partial charge >= 0.3 is 10.2 Å². The number of carbonyl (C=O) groups is 2. The summed E-state index contributed by atoms with van der Waals surface area (Å²) in [7, 11) is -0.000270. The summed E-state index contributed by atoms with van der Waals surface area (Å²) < 4.78 is 41.9. The Kier molecular flexibility index (Phi) is 9.84. The molecule has 8 nitrogen and oxygen atoms in total. The van der Waals surface area contributed by atoms with Crippen molar-refractivity contribution in [3.8, 4) is 0 Å². The molecule has 3 aromatic carbocycles. The number of nitrogens with one attached hydrogen (secondary N) is 1. The van der Waals surface area contributed by atoms with E-state index < -0.39 is 40.4 Å². The molecule has 1 atom stereocenters.